The first kappa shape index (κ1) is 13.9. The Bertz CT molecular complexity index is 720. The molecule has 0 aliphatic heterocycles. The predicted octanol–water partition coefficient (Wildman–Crippen LogP) is 3.48. The lowest BCUT2D eigenvalue weighted by molar-refractivity contribution is 0.102. The molecule has 20 heavy (non-hydrogen) atoms. The molecular formula is C15H11ClN2O2. The molecule has 0 aromatic heterocycles. The van der Waals surface area contributed by atoms with Crippen LogP contribution in [0.5, 0.6) is 5.75 Å². The molecule has 2 rings (SSSR count). The number of amides is 1. The third kappa shape index (κ3) is 2.73. The standard InChI is InChI=1S/C15H11ClN2O2/c1-9-3-2-4-14(12(9)8-17)18-15(20)11-7-10(19)5-6-13(11)16/h2-7,19H,1H3,(H,18,20). The van der Waals surface area contributed by atoms with Crippen LogP contribution in [0.25, 0.3) is 0 Å². The third-order valence-electron chi connectivity index (χ3n) is 2.83. The van der Waals surface area contributed by atoms with Crippen LogP contribution in [0.3, 0.4) is 0 Å². The van der Waals surface area contributed by atoms with Crippen molar-refractivity contribution in [2.24, 2.45) is 0 Å². The molecule has 0 fully saturated rings. The van der Waals surface area contributed by atoms with Crippen molar-refractivity contribution in [3.05, 3.63) is 58.1 Å². The number of carbonyl (C=O) groups excluding carboxylic acids is 1. The molecule has 0 aliphatic rings. The average molecular weight is 287 g/mol. The molecule has 2 N–H and O–H groups in total. The van der Waals surface area contributed by atoms with E-state index in [1.165, 1.54) is 18.2 Å². The highest BCUT2D eigenvalue weighted by Crippen LogP contribution is 2.24. The third-order valence-corrected chi connectivity index (χ3v) is 3.16. The summed E-state index contributed by atoms with van der Waals surface area (Å²) in [5.74, 6) is -0.530. The van der Waals surface area contributed by atoms with Crippen molar-refractivity contribution in [3.63, 3.8) is 0 Å². The predicted molar refractivity (Wildman–Crippen MR) is 77.0 cm³/mol. The first-order valence-electron chi connectivity index (χ1n) is 5.82. The number of nitriles is 1. The second-order valence-corrected chi connectivity index (χ2v) is 4.63. The maximum atomic E-state index is 12.2. The van der Waals surface area contributed by atoms with Crippen molar-refractivity contribution in [2.45, 2.75) is 6.92 Å². The molecule has 2 aromatic rings. The summed E-state index contributed by atoms with van der Waals surface area (Å²) >= 11 is 5.93. The molecule has 0 atom stereocenters. The Labute approximate surface area is 121 Å². The molecule has 0 saturated carbocycles. The van der Waals surface area contributed by atoms with Gasteiger partial charge in [0, 0.05) is 0 Å². The topological polar surface area (TPSA) is 73.1 Å². The number of hydrogen-bond donors (Lipinski definition) is 2. The van der Waals surface area contributed by atoms with Crippen LogP contribution < -0.4 is 5.32 Å². The summed E-state index contributed by atoms with van der Waals surface area (Å²) in [4.78, 5) is 12.2. The summed E-state index contributed by atoms with van der Waals surface area (Å²) in [5, 5.41) is 21.4. The zero-order valence-electron chi connectivity index (χ0n) is 10.6. The van der Waals surface area contributed by atoms with Gasteiger partial charge in [-0.05, 0) is 36.8 Å². The lowest BCUT2D eigenvalue weighted by atomic mass is 10.1. The van der Waals surface area contributed by atoms with Crippen molar-refractivity contribution < 1.29 is 9.90 Å². The van der Waals surface area contributed by atoms with Crippen LogP contribution in [0.15, 0.2) is 36.4 Å². The van der Waals surface area contributed by atoms with E-state index in [9.17, 15) is 9.90 Å². The zero-order chi connectivity index (χ0) is 14.7. The van der Waals surface area contributed by atoms with E-state index in [0.29, 0.717) is 11.3 Å². The van der Waals surface area contributed by atoms with Gasteiger partial charge >= 0.3 is 0 Å². The van der Waals surface area contributed by atoms with Crippen molar-refractivity contribution >= 4 is 23.2 Å². The molecule has 100 valence electrons. The fraction of sp³-hybridized carbons (Fsp3) is 0.0667. The largest absolute Gasteiger partial charge is 0.508 e. The van der Waals surface area contributed by atoms with Crippen molar-refractivity contribution in [3.8, 4) is 11.8 Å². The van der Waals surface area contributed by atoms with Crippen molar-refractivity contribution in [1.82, 2.24) is 0 Å². The number of nitrogens with one attached hydrogen (secondary N) is 1. The number of rotatable bonds is 2. The van der Waals surface area contributed by atoms with Gasteiger partial charge in [-0.1, -0.05) is 23.7 Å². The smallest absolute Gasteiger partial charge is 0.257 e. The van der Waals surface area contributed by atoms with Crippen LogP contribution in [0.4, 0.5) is 5.69 Å². The first-order valence-corrected chi connectivity index (χ1v) is 6.20. The van der Waals surface area contributed by atoms with Crippen LogP contribution in [0, 0.1) is 18.3 Å². The average Bonchev–Trinajstić information content (AvgIpc) is 2.41. The number of aromatic hydroxyl groups is 1. The Balaban J connectivity index is 2.36. The van der Waals surface area contributed by atoms with E-state index in [0.717, 1.165) is 5.56 Å². The highest BCUT2D eigenvalue weighted by molar-refractivity contribution is 6.34. The zero-order valence-corrected chi connectivity index (χ0v) is 11.4. The molecule has 5 heteroatoms. The van der Waals surface area contributed by atoms with E-state index >= 15 is 0 Å². The second-order valence-electron chi connectivity index (χ2n) is 4.23. The minimum atomic E-state index is -0.479. The SMILES string of the molecule is Cc1cccc(NC(=O)c2cc(O)ccc2Cl)c1C#N. The molecule has 0 unspecified atom stereocenters. The summed E-state index contributed by atoms with van der Waals surface area (Å²) in [6.07, 6.45) is 0. The molecule has 0 heterocycles. The lowest BCUT2D eigenvalue weighted by Crippen LogP contribution is -2.13. The number of phenolic OH excluding ortho intramolecular Hbond substituents is 1. The Morgan fingerprint density at radius 2 is 2.10 bits per heavy atom. The number of hydrogen-bond acceptors (Lipinski definition) is 3. The molecule has 1 amide bonds. The number of halogens is 1. The fourth-order valence-corrected chi connectivity index (χ4v) is 2.00. The van der Waals surface area contributed by atoms with Gasteiger partial charge in [0.15, 0.2) is 0 Å². The quantitative estimate of drug-likeness (QED) is 0.887. The van der Waals surface area contributed by atoms with E-state index in [4.69, 9.17) is 16.9 Å². The minimum Gasteiger partial charge on any atom is -0.508 e. The van der Waals surface area contributed by atoms with Crippen LogP contribution >= 0.6 is 11.6 Å². The molecule has 4 nitrogen and oxygen atoms in total. The summed E-state index contributed by atoms with van der Waals surface area (Å²) in [5.41, 5.74) is 1.73. The first-order chi connectivity index (χ1) is 9.52. The Hall–Kier alpha value is -2.51. The summed E-state index contributed by atoms with van der Waals surface area (Å²) < 4.78 is 0. The van der Waals surface area contributed by atoms with Crippen LogP contribution in [-0.4, -0.2) is 11.0 Å². The molecule has 0 aliphatic carbocycles. The van der Waals surface area contributed by atoms with Crippen LogP contribution in [0.1, 0.15) is 21.5 Å². The molecule has 0 radical (unpaired) electrons. The van der Waals surface area contributed by atoms with Gasteiger partial charge in [0.1, 0.15) is 11.8 Å². The van der Waals surface area contributed by atoms with Crippen LogP contribution in [0.2, 0.25) is 5.02 Å². The normalized spacial score (nSPS) is 9.85. The van der Waals surface area contributed by atoms with Gasteiger partial charge in [0.25, 0.3) is 5.91 Å². The number of phenols is 1. The van der Waals surface area contributed by atoms with Gasteiger partial charge in [-0.2, -0.15) is 5.26 Å². The Kier molecular flexibility index (Phi) is 3.92. The van der Waals surface area contributed by atoms with Gasteiger partial charge in [0.2, 0.25) is 0 Å². The van der Waals surface area contributed by atoms with E-state index in [1.54, 1.807) is 25.1 Å². The summed E-state index contributed by atoms with van der Waals surface area (Å²) in [6.45, 7) is 1.79. The Morgan fingerprint density at radius 1 is 1.35 bits per heavy atom. The van der Waals surface area contributed by atoms with Crippen molar-refractivity contribution in [1.29, 1.82) is 5.26 Å². The monoisotopic (exact) mass is 286 g/mol. The molecule has 2 aromatic carbocycles. The molecule has 0 saturated heterocycles. The number of anilines is 1. The van der Waals surface area contributed by atoms with Crippen molar-refractivity contribution in [2.75, 3.05) is 5.32 Å². The molecule has 0 spiro atoms. The van der Waals surface area contributed by atoms with Crippen LogP contribution in [-0.2, 0) is 0 Å². The van der Waals surface area contributed by atoms with E-state index in [2.05, 4.69) is 5.32 Å². The highest BCUT2D eigenvalue weighted by Gasteiger charge is 2.14. The minimum absolute atomic E-state index is 0.0516. The molecule has 0 bridgehead atoms. The maximum Gasteiger partial charge on any atom is 0.257 e. The molecular weight excluding hydrogens is 276 g/mol. The van der Waals surface area contributed by atoms with E-state index < -0.39 is 5.91 Å². The van der Waals surface area contributed by atoms with Gasteiger partial charge < -0.3 is 10.4 Å². The number of carbonyl (C=O) groups is 1. The summed E-state index contributed by atoms with van der Waals surface area (Å²) in [6, 6.07) is 11.3. The fourth-order valence-electron chi connectivity index (χ4n) is 1.80. The number of aryl methyl sites for hydroxylation is 1. The number of benzene rings is 2. The van der Waals surface area contributed by atoms with Gasteiger partial charge in [-0.3, -0.25) is 4.79 Å². The highest BCUT2D eigenvalue weighted by atomic mass is 35.5. The van der Waals surface area contributed by atoms with Gasteiger partial charge in [0.05, 0.1) is 21.8 Å². The maximum absolute atomic E-state index is 12.2. The van der Waals surface area contributed by atoms with Gasteiger partial charge in [-0.15, -0.1) is 0 Å². The van der Waals surface area contributed by atoms with E-state index in [1.807, 2.05) is 6.07 Å². The lowest BCUT2D eigenvalue weighted by Gasteiger charge is -2.10. The van der Waals surface area contributed by atoms with E-state index in [-0.39, 0.29) is 16.3 Å². The summed E-state index contributed by atoms with van der Waals surface area (Å²) in [7, 11) is 0. The number of nitrogens with zero attached hydrogens (tertiary/aromatic N) is 1. The van der Waals surface area contributed by atoms with Gasteiger partial charge in [-0.25, -0.2) is 0 Å². The Morgan fingerprint density at radius 3 is 2.80 bits per heavy atom. The second kappa shape index (κ2) is 5.64.